The molecule has 0 aromatic heterocycles. The number of carbonyl (C=O) groups is 1. The van der Waals surface area contributed by atoms with Crippen LogP contribution in [-0.4, -0.2) is 55.8 Å². The molecule has 1 heterocycles. The summed E-state index contributed by atoms with van der Waals surface area (Å²) in [7, 11) is -8.36. The minimum Gasteiger partial charge on any atom is -0.471 e. The van der Waals surface area contributed by atoms with E-state index in [4.69, 9.17) is 25.6 Å². The Hall–Kier alpha value is -0.122. The largest absolute Gasteiger partial charge is 0.546 e. The van der Waals surface area contributed by atoms with Crippen molar-refractivity contribution in [3.63, 3.8) is 0 Å². The van der Waals surface area contributed by atoms with Crippen LogP contribution in [0.15, 0.2) is 12.7 Å². The smallest absolute Gasteiger partial charge is 0.471 e. The standard InChI is InChI=1S/C7H18O6Si4.C4H10O/c1-6-7(8)9-17(5)12-15(3)10-14(2)11-16(4)13-17;1-3-5-4-2/h6,14-16H,1H2,2-5H3;3-4H2,1-2H3. The van der Waals surface area contributed by atoms with Crippen molar-refractivity contribution in [2.24, 2.45) is 0 Å². The number of hydrogen-bond acceptors (Lipinski definition) is 7. The van der Waals surface area contributed by atoms with Crippen molar-refractivity contribution in [2.45, 2.75) is 40.0 Å². The molecule has 1 rings (SSSR count). The summed E-state index contributed by atoms with van der Waals surface area (Å²) < 4.78 is 32.8. The quantitative estimate of drug-likeness (QED) is 0.528. The van der Waals surface area contributed by atoms with E-state index in [2.05, 4.69) is 6.58 Å². The first-order valence-electron chi connectivity index (χ1n) is 7.36. The molecule has 1 aliphatic rings. The molecule has 0 aliphatic carbocycles. The zero-order valence-corrected chi connectivity index (χ0v) is 18.8. The fourth-order valence-corrected chi connectivity index (χ4v) is 14.7. The van der Waals surface area contributed by atoms with Gasteiger partial charge in [-0.25, -0.2) is 4.79 Å². The highest BCUT2D eigenvalue weighted by Gasteiger charge is 2.44. The van der Waals surface area contributed by atoms with Crippen LogP contribution in [0.2, 0.25) is 26.2 Å². The minimum atomic E-state index is -2.98. The third-order valence-corrected chi connectivity index (χ3v) is 15.2. The van der Waals surface area contributed by atoms with Crippen molar-refractivity contribution in [3.05, 3.63) is 12.7 Å². The number of rotatable bonds is 4. The van der Waals surface area contributed by atoms with Gasteiger partial charge in [0.1, 0.15) is 0 Å². The van der Waals surface area contributed by atoms with E-state index in [9.17, 15) is 4.79 Å². The van der Waals surface area contributed by atoms with Crippen LogP contribution in [0.5, 0.6) is 0 Å². The molecule has 0 saturated carbocycles. The van der Waals surface area contributed by atoms with Crippen molar-refractivity contribution in [1.82, 2.24) is 0 Å². The molecule has 1 saturated heterocycles. The molecule has 0 aromatic rings. The molecule has 1 fully saturated rings. The van der Waals surface area contributed by atoms with Gasteiger partial charge in [0.2, 0.25) is 0 Å². The van der Waals surface area contributed by atoms with Crippen LogP contribution in [0.4, 0.5) is 0 Å². The molecular weight excluding hydrogens is 356 g/mol. The average molecular weight is 385 g/mol. The van der Waals surface area contributed by atoms with Crippen molar-refractivity contribution in [1.29, 1.82) is 0 Å². The molecular formula is C11H28O7Si4. The lowest BCUT2D eigenvalue weighted by atomic mass is 10.7. The van der Waals surface area contributed by atoms with E-state index >= 15 is 0 Å². The highest BCUT2D eigenvalue weighted by atomic mass is 28.5. The fraction of sp³-hybridized carbons (Fsp3) is 0.727. The normalized spacial score (nSPS) is 32.0. The molecule has 0 aromatic carbocycles. The molecule has 130 valence electrons. The molecule has 1 aliphatic heterocycles. The highest BCUT2D eigenvalue weighted by Crippen LogP contribution is 2.17. The Morgan fingerprint density at radius 3 is 1.86 bits per heavy atom. The van der Waals surface area contributed by atoms with Crippen LogP contribution in [0.3, 0.4) is 0 Å². The molecule has 2 atom stereocenters. The number of carbonyl (C=O) groups excluding carboxylic acids is 1. The van der Waals surface area contributed by atoms with E-state index in [0.29, 0.717) is 0 Å². The first-order valence-corrected chi connectivity index (χ1v) is 15.9. The third-order valence-electron chi connectivity index (χ3n) is 2.39. The van der Waals surface area contributed by atoms with Gasteiger partial charge in [-0.1, -0.05) is 6.58 Å². The Morgan fingerprint density at radius 1 is 1.09 bits per heavy atom. The predicted molar refractivity (Wildman–Crippen MR) is 93.5 cm³/mol. The summed E-state index contributed by atoms with van der Waals surface area (Å²) >= 11 is 0. The van der Waals surface area contributed by atoms with Crippen LogP contribution >= 0.6 is 0 Å². The maximum Gasteiger partial charge on any atom is 0.546 e. The van der Waals surface area contributed by atoms with Crippen molar-refractivity contribution >= 4 is 42.6 Å². The van der Waals surface area contributed by atoms with Crippen molar-refractivity contribution < 1.29 is 30.4 Å². The van der Waals surface area contributed by atoms with Crippen molar-refractivity contribution in [2.75, 3.05) is 13.2 Å². The summed E-state index contributed by atoms with van der Waals surface area (Å²) in [4.78, 5) is 11.3. The zero-order chi connectivity index (χ0) is 17.2. The first kappa shape index (κ1) is 21.9. The van der Waals surface area contributed by atoms with Gasteiger partial charge in [-0.15, -0.1) is 0 Å². The van der Waals surface area contributed by atoms with E-state index in [1.165, 1.54) is 0 Å². The SMILES string of the molecule is C=CC(=O)O[Si]1(C)O[SiH](C)O[SiH](C)O[SiH](C)O1.CCOCC. The Bertz CT molecular complexity index is 328. The second kappa shape index (κ2) is 11.4. The number of ether oxygens (including phenoxy) is 1. The molecule has 0 bridgehead atoms. The minimum absolute atomic E-state index is 0.535. The average Bonchev–Trinajstić information content (AvgIpc) is 2.37. The predicted octanol–water partition coefficient (Wildman–Crippen LogP) is 0.958. The zero-order valence-electron chi connectivity index (χ0n) is 14.3. The third kappa shape index (κ3) is 9.81. The Labute approximate surface area is 139 Å². The lowest BCUT2D eigenvalue weighted by molar-refractivity contribution is -0.132. The monoisotopic (exact) mass is 384 g/mol. The molecule has 0 radical (unpaired) electrons. The molecule has 22 heavy (non-hydrogen) atoms. The summed E-state index contributed by atoms with van der Waals surface area (Å²) in [6.07, 6.45) is 1.10. The van der Waals surface area contributed by atoms with Gasteiger partial charge < -0.3 is 25.6 Å². The summed E-state index contributed by atoms with van der Waals surface area (Å²) in [5.41, 5.74) is 0. The van der Waals surface area contributed by atoms with E-state index in [-0.39, 0.29) is 0 Å². The van der Waals surface area contributed by atoms with Crippen LogP contribution in [0.25, 0.3) is 0 Å². The summed E-state index contributed by atoms with van der Waals surface area (Å²) in [5, 5.41) is 0. The molecule has 0 spiro atoms. The topological polar surface area (TPSA) is 72.5 Å². The second-order valence-electron chi connectivity index (χ2n) is 4.48. The lowest BCUT2D eigenvalue weighted by Gasteiger charge is -2.34. The number of hydrogen-bond donors (Lipinski definition) is 0. The van der Waals surface area contributed by atoms with E-state index in [1.807, 2.05) is 33.5 Å². The second-order valence-corrected chi connectivity index (χ2v) is 13.9. The molecule has 0 amide bonds. The van der Waals surface area contributed by atoms with Gasteiger partial charge in [-0.05, 0) is 33.5 Å². The highest BCUT2D eigenvalue weighted by molar-refractivity contribution is 6.78. The Kier molecular flexibility index (Phi) is 11.4. The Morgan fingerprint density at radius 2 is 1.55 bits per heavy atom. The van der Waals surface area contributed by atoms with Gasteiger partial charge >= 0.3 is 33.3 Å². The molecule has 2 unspecified atom stereocenters. The van der Waals surface area contributed by atoms with Crippen molar-refractivity contribution in [3.8, 4) is 0 Å². The lowest BCUT2D eigenvalue weighted by Crippen LogP contribution is -2.55. The van der Waals surface area contributed by atoms with Crippen LogP contribution < -0.4 is 0 Å². The van der Waals surface area contributed by atoms with Gasteiger partial charge in [0.05, 0.1) is 0 Å². The van der Waals surface area contributed by atoms with Crippen LogP contribution in [0.1, 0.15) is 13.8 Å². The molecule has 11 heteroatoms. The summed E-state index contributed by atoms with van der Waals surface area (Å²) in [6.45, 7) is 16.4. The van der Waals surface area contributed by atoms with Gasteiger partial charge in [0.25, 0.3) is 9.28 Å². The molecule has 0 N–H and O–H groups in total. The van der Waals surface area contributed by atoms with Gasteiger partial charge in [0, 0.05) is 25.8 Å². The summed E-state index contributed by atoms with van der Waals surface area (Å²) in [5.74, 6) is -0.535. The molecule has 7 nitrogen and oxygen atoms in total. The van der Waals surface area contributed by atoms with Gasteiger partial charge in [0.15, 0.2) is 0 Å². The van der Waals surface area contributed by atoms with Crippen LogP contribution in [-0.2, 0) is 30.4 Å². The van der Waals surface area contributed by atoms with E-state index < -0.39 is 42.6 Å². The van der Waals surface area contributed by atoms with Gasteiger partial charge in [-0.3, -0.25) is 0 Å². The van der Waals surface area contributed by atoms with Gasteiger partial charge in [-0.2, -0.15) is 0 Å². The van der Waals surface area contributed by atoms with Crippen LogP contribution in [0, 0.1) is 0 Å². The Balaban J connectivity index is 0.000000763. The van der Waals surface area contributed by atoms with E-state index in [1.54, 1.807) is 6.55 Å². The van der Waals surface area contributed by atoms with E-state index in [0.717, 1.165) is 19.3 Å². The fourth-order valence-electron chi connectivity index (χ4n) is 1.73. The summed E-state index contributed by atoms with van der Waals surface area (Å²) in [6, 6.07) is 0. The maximum absolute atomic E-state index is 11.3. The first-order chi connectivity index (χ1) is 10.3. The maximum atomic E-state index is 11.3.